The number of Topliss-reactive ketones (excluding diaryl/α,β-unsaturated/α-hetero) is 1. The number of methoxy groups -OCH3 is 1. The Hall–Kier alpha value is -2.36. The van der Waals surface area contributed by atoms with Crippen LogP contribution in [0.25, 0.3) is 0 Å². The minimum Gasteiger partial charge on any atom is -0.497 e. The summed E-state index contributed by atoms with van der Waals surface area (Å²) < 4.78 is 18.4. The van der Waals surface area contributed by atoms with Crippen LogP contribution in [0.5, 0.6) is 5.75 Å². The second-order valence-electron chi connectivity index (χ2n) is 4.65. The number of hydrogen-bond donors (Lipinski definition) is 0. The van der Waals surface area contributed by atoms with Crippen molar-refractivity contribution in [2.75, 3.05) is 25.1 Å². The topological polar surface area (TPSA) is 29.5 Å². The second-order valence-corrected chi connectivity index (χ2v) is 4.65. The van der Waals surface area contributed by atoms with Gasteiger partial charge in [-0.1, -0.05) is 18.2 Å². The third-order valence-electron chi connectivity index (χ3n) is 3.28. The minimum absolute atomic E-state index is 0.0278. The standard InChI is InChI=1S/C17H18FNO2/c1-3-19(15-8-5-7-14(18)11-15)12-17(20)13-6-4-9-16(10-13)21-2/h4-11H,3,12H2,1-2H3. The Bertz CT molecular complexity index is 628. The summed E-state index contributed by atoms with van der Waals surface area (Å²) in [5.41, 5.74) is 1.29. The fourth-order valence-corrected chi connectivity index (χ4v) is 2.12. The number of ketones is 1. The Labute approximate surface area is 124 Å². The summed E-state index contributed by atoms with van der Waals surface area (Å²) in [4.78, 5) is 14.2. The normalized spacial score (nSPS) is 10.2. The molecule has 3 nitrogen and oxygen atoms in total. The van der Waals surface area contributed by atoms with E-state index in [2.05, 4.69) is 0 Å². The molecule has 0 N–H and O–H groups in total. The van der Waals surface area contributed by atoms with Crippen molar-refractivity contribution < 1.29 is 13.9 Å². The lowest BCUT2D eigenvalue weighted by atomic mass is 10.1. The van der Waals surface area contributed by atoms with Crippen molar-refractivity contribution in [2.24, 2.45) is 0 Å². The maximum atomic E-state index is 13.3. The quantitative estimate of drug-likeness (QED) is 0.761. The Balaban J connectivity index is 2.16. The number of rotatable bonds is 6. The lowest BCUT2D eigenvalue weighted by molar-refractivity contribution is 0.0999. The van der Waals surface area contributed by atoms with Crippen LogP contribution in [0, 0.1) is 5.82 Å². The van der Waals surface area contributed by atoms with Gasteiger partial charge in [-0.15, -0.1) is 0 Å². The minimum atomic E-state index is -0.306. The summed E-state index contributed by atoms with van der Waals surface area (Å²) in [5.74, 6) is 0.314. The molecule has 0 saturated heterocycles. The van der Waals surface area contributed by atoms with Gasteiger partial charge in [-0.25, -0.2) is 4.39 Å². The van der Waals surface area contributed by atoms with Crippen molar-refractivity contribution in [3.8, 4) is 5.75 Å². The molecule has 0 fully saturated rings. The summed E-state index contributed by atoms with van der Waals surface area (Å²) in [6.45, 7) is 2.76. The predicted octanol–water partition coefficient (Wildman–Crippen LogP) is 3.54. The van der Waals surface area contributed by atoms with E-state index in [0.29, 0.717) is 23.5 Å². The zero-order valence-electron chi connectivity index (χ0n) is 12.2. The molecule has 0 saturated carbocycles. The molecule has 0 aliphatic heterocycles. The zero-order chi connectivity index (χ0) is 15.2. The van der Waals surface area contributed by atoms with E-state index >= 15 is 0 Å². The van der Waals surface area contributed by atoms with Crippen molar-refractivity contribution in [2.45, 2.75) is 6.92 Å². The SMILES string of the molecule is CCN(CC(=O)c1cccc(OC)c1)c1cccc(F)c1. The van der Waals surface area contributed by atoms with Crippen LogP contribution in [-0.4, -0.2) is 26.0 Å². The van der Waals surface area contributed by atoms with Gasteiger partial charge in [0, 0.05) is 17.8 Å². The average molecular weight is 287 g/mol. The van der Waals surface area contributed by atoms with Gasteiger partial charge in [0.2, 0.25) is 0 Å². The first-order valence-electron chi connectivity index (χ1n) is 6.81. The number of halogens is 1. The molecule has 0 atom stereocenters. The molecule has 0 aromatic heterocycles. The van der Waals surface area contributed by atoms with Gasteiger partial charge in [0.15, 0.2) is 5.78 Å². The van der Waals surface area contributed by atoms with E-state index in [-0.39, 0.29) is 18.1 Å². The van der Waals surface area contributed by atoms with Crippen LogP contribution in [0.4, 0.5) is 10.1 Å². The molecule has 4 heteroatoms. The van der Waals surface area contributed by atoms with Crippen LogP contribution in [0.1, 0.15) is 17.3 Å². The number of likely N-dealkylation sites (N-methyl/N-ethyl adjacent to an activating group) is 1. The maximum Gasteiger partial charge on any atom is 0.182 e. The van der Waals surface area contributed by atoms with Gasteiger partial charge < -0.3 is 9.64 Å². The fraction of sp³-hybridized carbons (Fsp3) is 0.235. The highest BCUT2D eigenvalue weighted by molar-refractivity contribution is 5.99. The molecule has 0 heterocycles. The van der Waals surface area contributed by atoms with Crippen molar-refractivity contribution in [1.82, 2.24) is 0 Å². The van der Waals surface area contributed by atoms with Gasteiger partial charge in [-0.3, -0.25) is 4.79 Å². The van der Waals surface area contributed by atoms with E-state index < -0.39 is 0 Å². The number of ether oxygens (including phenoxy) is 1. The number of carbonyl (C=O) groups is 1. The molecule has 110 valence electrons. The van der Waals surface area contributed by atoms with Crippen LogP contribution in [0.15, 0.2) is 48.5 Å². The van der Waals surface area contributed by atoms with E-state index in [1.54, 1.807) is 43.5 Å². The molecule has 0 spiro atoms. The van der Waals surface area contributed by atoms with Gasteiger partial charge in [0.25, 0.3) is 0 Å². The van der Waals surface area contributed by atoms with Crippen LogP contribution in [0.2, 0.25) is 0 Å². The second kappa shape index (κ2) is 6.88. The number of hydrogen-bond acceptors (Lipinski definition) is 3. The Morgan fingerprint density at radius 3 is 2.62 bits per heavy atom. The highest BCUT2D eigenvalue weighted by atomic mass is 19.1. The van der Waals surface area contributed by atoms with E-state index in [4.69, 9.17) is 4.74 Å². The average Bonchev–Trinajstić information content (AvgIpc) is 2.52. The first-order valence-corrected chi connectivity index (χ1v) is 6.81. The van der Waals surface area contributed by atoms with Crippen molar-refractivity contribution >= 4 is 11.5 Å². The van der Waals surface area contributed by atoms with Crippen LogP contribution >= 0.6 is 0 Å². The smallest absolute Gasteiger partial charge is 0.182 e. The molecule has 2 rings (SSSR count). The zero-order valence-corrected chi connectivity index (χ0v) is 12.2. The third kappa shape index (κ3) is 3.81. The van der Waals surface area contributed by atoms with Crippen LogP contribution in [0.3, 0.4) is 0 Å². The molecule has 0 radical (unpaired) electrons. The highest BCUT2D eigenvalue weighted by Gasteiger charge is 2.13. The molecule has 21 heavy (non-hydrogen) atoms. The van der Waals surface area contributed by atoms with E-state index in [1.165, 1.54) is 12.1 Å². The van der Waals surface area contributed by atoms with E-state index in [9.17, 15) is 9.18 Å². The van der Waals surface area contributed by atoms with Crippen LogP contribution in [-0.2, 0) is 0 Å². The summed E-state index contributed by atoms with van der Waals surface area (Å²) in [6, 6.07) is 13.3. The van der Waals surface area contributed by atoms with Gasteiger partial charge in [0.05, 0.1) is 13.7 Å². The monoisotopic (exact) mass is 287 g/mol. The Morgan fingerprint density at radius 1 is 1.19 bits per heavy atom. The van der Waals surface area contributed by atoms with Gasteiger partial charge in [-0.2, -0.15) is 0 Å². The maximum absolute atomic E-state index is 13.3. The van der Waals surface area contributed by atoms with Gasteiger partial charge in [-0.05, 0) is 37.3 Å². The molecule has 0 unspecified atom stereocenters. The summed E-state index contributed by atoms with van der Waals surface area (Å²) in [7, 11) is 1.56. The molecular formula is C17H18FNO2. The summed E-state index contributed by atoms with van der Waals surface area (Å²) >= 11 is 0. The van der Waals surface area contributed by atoms with Crippen molar-refractivity contribution in [3.05, 3.63) is 59.9 Å². The molecular weight excluding hydrogens is 269 g/mol. The largest absolute Gasteiger partial charge is 0.497 e. The number of nitrogens with zero attached hydrogens (tertiary/aromatic N) is 1. The Kier molecular flexibility index (Phi) is 4.93. The molecule has 0 bridgehead atoms. The predicted molar refractivity (Wildman–Crippen MR) is 81.6 cm³/mol. The van der Waals surface area contributed by atoms with Gasteiger partial charge >= 0.3 is 0 Å². The van der Waals surface area contributed by atoms with Crippen molar-refractivity contribution in [1.29, 1.82) is 0 Å². The highest BCUT2D eigenvalue weighted by Crippen LogP contribution is 2.17. The number of carbonyl (C=O) groups excluding carboxylic acids is 1. The number of benzene rings is 2. The van der Waals surface area contributed by atoms with Crippen LogP contribution < -0.4 is 9.64 Å². The molecule has 2 aromatic carbocycles. The molecule has 2 aromatic rings. The van der Waals surface area contributed by atoms with E-state index in [1.807, 2.05) is 11.8 Å². The fourth-order valence-electron chi connectivity index (χ4n) is 2.12. The summed E-state index contributed by atoms with van der Waals surface area (Å²) in [6.07, 6.45) is 0. The first kappa shape index (κ1) is 15.0. The van der Waals surface area contributed by atoms with E-state index in [0.717, 1.165) is 0 Å². The van der Waals surface area contributed by atoms with Gasteiger partial charge in [0.1, 0.15) is 11.6 Å². The summed E-state index contributed by atoms with van der Waals surface area (Å²) in [5, 5.41) is 0. The van der Waals surface area contributed by atoms with Crippen molar-refractivity contribution in [3.63, 3.8) is 0 Å². The molecule has 0 amide bonds. The first-order chi connectivity index (χ1) is 10.1. The number of anilines is 1. The lowest BCUT2D eigenvalue weighted by Crippen LogP contribution is -2.29. The third-order valence-corrected chi connectivity index (χ3v) is 3.28. The molecule has 0 aliphatic rings. The Morgan fingerprint density at radius 2 is 1.95 bits per heavy atom. The molecule has 0 aliphatic carbocycles. The lowest BCUT2D eigenvalue weighted by Gasteiger charge is -2.22.